The van der Waals surface area contributed by atoms with Crippen LogP contribution in [0.25, 0.3) is 5.65 Å². The first-order valence-corrected chi connectivity index (χ1v) is 7.57. The lowest BCUT2D eigenvalue weighted by Crippen LogP contribution is -2.14. The number of carbonyl (C=O) groups excluding carboxylic acids is 1. The fraction of sp³-hybridized carbons (Fsp3) is 0.250. The van der Waals surface area contributed by atoms with Crippen molar-refractivity contribution in [2.45, 2.75) is 19.4 Å². The highest BCUT2D eigenvalue weighted by atomic mass is 16.2. The van der Waals surface area contributed by atoms with Gasteiger partial charge in [0.05, 0.1) is 18.1 Å². The van der Waals surface area contributed by atoms with E-state index in [1.807, 2.05) is 24.5 Å². The summed E-state index contributed by atoms with van der Waals surface area (Å²) in [6.45, 7) is 0.623. The van der Waals surface area contributed by atoms with E-state index in [4.69, 9.17) is 0 Å². The van der Waals surface area contributed by atoms with E-state index in [1.54, 1.807) is 23.0 Å². The summed E-state index contributed by atoms with van der Waals surface area (Å²) >= 11 is 0. The number of rotatable bonds is 5. The molecule has 1 aliphatic carbocycles. The third kappa shape index (κ3) is 3.13. The van der Waals surface area contributed by atoms with Crippen LogP contribution in [0.4, 0.5) is 11.5 Å². The minimum absolute atomic E-state index is 0.0665. The average molecular weight is 308 g/mol. The Bertz CT molecular complexity index is 837. The highest BCUT2D eigenvalue weighted by Crippen LogP contribution is 2.29. The summed E-state index contributed by atoms with van der Waals surface area (Å²) in [5.41, 5.74) is 2.73. The molecule has 3 heterocycles. The Morgan fingerprint density at radius 3 is 2.91 bits per heavy atom. The first-order valence-electron chi connectivity index (χ1n) is 7.57. The Balaban J connectivity index is 1.37. The van der Waals surface area contributed by atoms with Gasteiger partial charge in [-0.2, -0.15) is 5.10 Å². The summed E-state index contributed by atoms with van der Waals surface area (Å²) in [7, 11) is 0. The molecule has 0 unspecified atom stereocenters. The molecule has 3 aromatic heterocycles. The Morgan fingerprint density at radius 1 is 1.22 bits per heavy atom. The first kappa shape index (κ1) is 13.7. The molecule has 7 nitrogen and oxygen atoms in total. The standard InChI is InChI=1S/C16H16N6O/c23-16(12-1-2-12)21-14-4-3-13(9-18-14)17-7-11-8-19-15-5-6-20-22(15)10-11/h3-6,8-10,12,17H,1-2,7H2,(H,18,21,23). The van der Waals surface area contributed by atoms with Crippen LogP contribution in [-0.4, -0.2) is 25.5 Å². The topological polar surface area (TPSA) is 84.2 Å². The normalized spacial score (nSPS) is 13.9. The summed E-state index contributed by atoms with van der Waals surface area (Å²) < 4.78 is 1.74. The number of anilines is 2. The fourth-order valence-corrected chi connectivity index (χ4v) is 2.29. The van der Waals surface area contributed by atoms with Crippen molar-refractivity contribution in [2.75, 3.05) is 10.6 Å². The monoisotopic (exact) mass is 308 g/mol. The Hall–Kier alpha value is -2.96. The molecule has 0 spiro atoms. The van der Waals surface area contributed by atoms with E-state index < -0.39 is 0 Å². The average Bonchev–Trinajstić information content (AvgIpc) is 3.32. The largest absolute Gasteiger partial charge is 0.380 e. The second kappa shape index (κ2) is 5.68. The summed E-state index contributed by atoms with van der Waals surface area (Å²) in [5.74, 6) is 0.836. The molecule has 116 valence electrons. The number of hydrogen-bond acceptors (Lipinski definition) is 5. The van der Waals surface area contributed by atoms with Gasteiger partial charge in [0.2, 0.25) is 5.91 Å². The molecule has 0 radical (unpaired) electrons. The van der Waals surface area contributed by atoms with E-state index in [2.05, 4.69) is 25.7 Å². The summed E-state index contributed by atoms with van der Waals surface area (Å²) in [6, 6.07) is 5.56. The Morgan fingerprint density at radius 2 is 2.13 bits per heavy atom. The van der Waals surface area contributed by atoms with Gasteiger partial charge in [-0.05, 0) is 25.0 Å². The van der Waals surface area contributed by atoms with Crippen LogP contribution in [0.3, 0.4) is 0 Å². The molecular formula is C16H16N6O. The van der Waals surface area contributed by atoms with Crippen molar-refractivity contribution >= 4 is 23.1 Å². The van der Waals surface area contributed by atoms with E-state index in [0.29, 0.717) is 12.4 Å². The molecule has 3 aromatic rings. The minimum atomic E-state index is 0.0665. The minimum Gasteiger partial charge on any atom is -0.380 e. The van der Waals surface area contributed by atoms with Crippen LogP contribution >= 0.6 is 0 Å². The molecule has 23 heavy (non-hydrogen) atoms. The summed E-state index contributed by atoms with van der Waals surface area (Å²) in [4.78, 5) is 20.2. The van der Waals surface area contributed by atoms with Crippen LogP contribution < -0.4 is 10.6 Å². The second-order valence-electron chi connectivity index (χ2n) is 5.65. The van der Waals surface area contributed by atoms with Crippen molar-refractivity contribution in [3.05, 3.63) is 48.5 Å². The van der Waals surface area contributed by atoms with Crippen LogP contribution in [-0.2, 0) is 11.3 Å². The number of pyridine rings is 1. The lowest BCUT2D eigenvalue weighted by molar-refractivity contribution is -0.117. The van der Waals surface area contributed by atoms with Crippen LogP contribution in [0.2, 0.25) is 0 Å². The zero-order valence-electron chi connectivity index (χ0n) is 12.4. The quantitative estimate of drug-likeness (QED) is 0.754. The van der Waals surface area contributed by atoms with Gasteiger partial charge in [0.15, 0.2) is 5.65 Å². The Kier molecular flexibility index (Phi) is 3.38. The van der Waals surface area contributed by atoms with Gasteiger partial charge in [-0.3, -0.25) is 4.79 Å². The van der Waals surface area contributed by atoms with Crippen molar-refractivity contribution in [3.8, 4) is 0 Å². The van der Waals surface area contributed by atoms with Gasteiger partial charge in [0, 0.05) is 36.5 Å². The highest BCUT2D eigenvalue weighted by Gasteiger charge is 2.29. The number of nitrogens with one attached hydrogen (secondary N) is 2. The maximum absolute atomic E-state index is 11.7. The second-order valence-corrected chi connectivity index (χ2v) is 5.65. The number of hydrogen-bond donors (Lipinski definition) is 2. The molecule has 0 aliphatic heterocycles. The van der Waals surface area contributed by atoms with Gasteiger partial charge in [-0.25, -0.2) is 14.5 Å². The molecule has 1 aliphatic rings. The molecule has 0 bridgehead atoms. The molecule has 1 amide bonds. The molecule has 0 atom stereocenters. The van der Waals surface area contributed by atoms with Crippen molar-refractivity contribution in [3.63, 3.8) is 0 Å². The third-order valence-electron chi connectivity index (χ3n) is 3.76. The van der Waals surface area contributed by atoms with Crippen molar-refractivity contribution in [1.29, 1.82) is 0 Å². The van der Waals surface area contributed by atoms with E-state index in [9.17, 15) is 4.79 Å². The van der Waals surface area contributed by atoms with Crippen LogP contribution in [0, 0.1) is 5.92 Å². The third-order valence-corrected chi connectivity index (χ3v) is 3.76. The molecule has 0 aromatic carbocycles. The summed E-state index contributed by atoms with van der Waals surface area (Å²) in [6.07, 6.45) is 9.16. The lowest BCUT2D eigenvalue weighted by atomic mass is 10.3. The number of carbonyl (C=O) groups is 1. The van der Waals surface area contributed by atoms with E-state index in [1.165, 1.54) is 0 Å². The van der Waals surface area contributed by atoms with E-state index in [0.717, 1.165) is 29.7 Å². The van der Waals surface area contributed by atoms with Gasteiger partial charge in [-0.1, -0.05) is 0 Å². The number of fused-ring (bicyclic) bond motifs is 1. The molecule has 0 saturated heterocycles. The van der Waals surface area contributed by atoms with Gasteiger partial charge >= 0.3 is 0 Å². The van der Waals surface area contributed by atoms with Crippen LogP contribution in [0.1, 0.15) is 18.4 Å². The molecule has 7 heteroatoms. The predicted molar refractivity (Wildman–Crippen MR) is 85.9 cm³/mol. The smallest absolute Gasteiger partial charge is 0.228 e. The maximum Gasteiger partial charge on any atom is 0.228 e. The van der Waals surface area contributed by atoms with Gasteiger partial charge in [0.25, 0.3) is 0 Å². The SMILES string of the molecule is O=C(Nc1ccc(NCc2cnc3ccnn3c2)cn1)C1CC1. The maximum atomic E-state index is 11.7. The highest BCUT2D eigenvalue weighted by molar-refractivity contribution is 5.93. The van der Waals surface area contributed by atoms with Crippen molar-refractivity contribution < 1.29 is 4.79 Å². The Labute approximate surface area is 132 Å². The number of aromatic nitrogens is 4. The van der Waals surface area contributed by atoms with Crippen LogP contribution in [0.15, 0.2) is 43.0 Å². The van der Waals surface area contributed by atoms with Gasteiger partial charge in [-0.15, -0.1) is 0 Å². The predicted octanol–water partition coefficient (Wildman–Crippen LogP) is 2.08. The zero-order valence-corrected chi connectivity index (χ0v) is 12.4. The number of nitrogens with zero attached hydrogens (tertiary/aromatic N) is 4. The molecule has 1 saturated carbocycles. The first-order chi connectivity index (χ1) is 11.3. The number of amides is 1. The fourth-order valence-electron chi connectivity index (χ4n) is 2.29. The molecule has 1 fully saturated rings. The zero-order chi connectivity index (χ0) is 15.6. The van der Waals surface area contributed by atoms with Gasteiger partial charge < -0.3 is 10.6 Å². The van der Waals surface area contributed by atoms with Crippen LogP contribution in [0.5, 0.6) is 0 Å². The van der Waals surface area contributed by atoms with Crippen molar-refractivity contribution in [2.24, 2.45) is 5.92 Å². The van der Waals surface area contributed by atoms with Crippen molar-refractivity contribution in [1.82, 2.24) is 19.6 Å². The van der Waals surface area contributed by atoms with E-state index in [-0.39, 0.29) is 11.8 Å². The lowest BCUT2D eigenvalue weighted by Gasteiger charge is -2.08. The molecule has 2 N–H and O–H groups in total. The summed E-state index contributed by atoms with van der Waals surface area (Å²) in [5, 5.41) is 10.3. The molecule has 4 rings (SSSR count). The van der Waals surface area contributed by atoms with Gasteiger partial charge in [0.1, 0.15) is 5.82 Å². The van der Waals surface area contributed by atoms with E-state index >= 15 is 0 Å². The molecular weight excluding hydrogens is 292 g/mol.